The molecule has 2 aliphatic heterocycles. The smallest absolute Gasteiger partial charge is 0.256 e. The predicted molar refractivity (Wildman–Crippen MR) is 124 cm³/mol. The van der Waals surface area contributed by atoms with E-state index in [2.05, 4.69) is 15.6 Å². The van der Waals surface area contributed by atoms with Crippen LogP contribution in [0.15, 0.2) is 30.3 Å². The normalized spacial score (nSPS) is 20.9. The lowest BCUT2D eigenvalue weighted by molar-refractivity contribution is -0.123. The largest absolute Gasteiger partial charge is 0.354 e. The molecular weight excluding hydrogens is 423 g/mol. The number of likely N-dealkylation sites (tertiary alicyclic amines) is 1. The summed E-state index contributed by atoms with van der Waals surface area (Å²) in [6.07, 6.45) is 3.97. The van der Waals surface area contributed by atoms with E-state index in [4.69, 9.17) is 0 Å². The Morgan fingerprint density at radius 1 is 1.17 bits per heavy atom. The lowest BCUT2D eigenvalue weighted by atomic mass is 9.96. The summed E-state index contributed by atoms with van der Waals surface area (Å²) in [5.74, 6) is 0.430. The van der Waals surface area contributed by atoms with Crippen molar-refractivity contribution in [2.75, 3.05) is 26.2 Å². The third-order valence-corrected chi connectivity index (χ3v) is 5.84. The van der Waals surface area contributed by atoms with Crippen LogP contribution in [-0.2, 0) is 4.79 Å². The number of aryl methyl sites for hydroxylation is 1. The van der Waals surface area contributed by atoms with Crippen molar-refractivity contribution in [2.24, 2.45) is 5.92 Å². The Morgan fingerprint density at radius 2 is 2.00 bits per heavy atom. The molecule has 2 N–H and O–H groups in total. The Balaban J connectivity index is 0.00000160. The van der Waals surface area contributed by atoms with Gasteiger partial charge in [-0.1, -0.05) is 18.2 Å². The number of para-hydroxylation sites is 1. The van der Waals surface area contributed by atoms with Crippen LogP contribution in [0.25, 0.3) is 10.9 Å². The summed E-state index contributed by atoms with van der Waals surface area (Å²) in [6, 6.07) is 9.71. The number of piperidine rings is 1. The molecule has 1 aromatic carbocycles. The monoisotopic (exact) mass is 452 g/mol. The van der Waals surface area contributed by atoms with Crippen LogP contribution < -0.4 is 10.6 Å². The number of carbonyl (C=O) groups excluding carboxylic acids is 2. The second-order valence-corrected chi connectivity index (χ2v) is 7.98. The van der Waals surface area contributed by atoms with Gasteiger partial charge in [0, 0.05) is 30.7 Å². The van der Waals surface area contributed by atoms with Crippen molar-refractivity contribution in [3.05, 3.63) is 41.6 Å². The lowest BCUT2D eigenvalue weighted by Crippen LogP contribution is -2.46. The van der Waals surface area contributed by atoms with Gasteiger partial charge in [0.1, 0.15) is 0 Å². The fraction of sp³-hybridized carbons (Fsp3) is 0.500. The van der Waals surface area contributed by atoms with Gasteiger partial charge in [0.25, 0.3) is 5.91 Å². The summed E-state index contributed by atoms with van der Waals surface area (Å²) < 4.78 is 0. The summed E-state index contributed by atoms with van der Waals surface area (Å²) in [5.41, 5.74) is 2.35. The van der Waals surface area contributed by atoms with Crippen molar-refractivity contribution in [3.63, 3.8) is 0 Å². The fourth-order valence-corrected chi connectivity index (χ4v) is 4.28. The molecule has 2 unspecified atom stereocenters. The van der Waals surface area contributed by atoms with Gasteiger partial charge in [0.05, 0.1) is 17.1 Å². The second kappa shape index (κ2) is 10.9. The molecule has 30 heavy (non-hydrogen) atoms. The van der Waals surface area contributed by atoms with E-state index in [0.29, 0.717) is 24.6 Å². The summed E-state index contributed by atoms with van der Waals surface area (Å²) in [5, 5.41) is 7.30. The maximum absolute atomic E-state index is 13.2. The van der Waals surface area contributed by atoms with Gasteiger partial charge in [-0.25, -0.2) is 0 Å². The Kier molecular flexibility index (Phi) is 8.89. The highest BCUT2D eigenvalue weighted by atomic mass is 35.5. The number of fused-ring (bicyclic) bond motifs is 1. The van der Waals surface area contributed by atoms with Crippen LogP contribution in [0.2, 0.25) is 0 Å². The van der Waals surface area contributed by atoms with E-state index in [0.717, 1.165) is 55.4 Å². The van der Waals surface area contributed by atoms with Crippen LogP contribution >= 0.6 is 24.8 Å². The van der Waals surface area contributed by atoms with Gasteiger partial charge in [-0.3, -0.25) is 14.6 Å². The predicted octanol–water partition coefficient (Wildman–Crippen LogP) is 3.11. The quantitative estimate of drug-likeness (QED) is 0.746. The van der Waals surface area contributed by atoms with Crippen molar-refractivity contribution in [3.8, 4) is 0 Å². The lowest BCUT2D eigenvalue weighted by Gasteiger charge is -2.33. The van der Waals surface area contributed by atoms with Crippen LogP contribution in [-0.4, -0.2) is 53.9 Å². The number of hydrogen-bond donors (Lipinski definition) is 2. The van der Waals surface area contributed by atoms with E-state index in [1.54, 1.807) is 0 Å². The fourth-order valence-electron chi connectivity index (χ4n) is 4.28. The molecule has 0 saturated carbocycles. The van der Waals surface area contributed by atoms with Crippen molar-refractivity contribution in [1.82, 2.24) is 20.5 Å². The third-order valence-electron chi connectivity index (χ3n) is 5.84. The molecule has 1 aromatic heterocycles. The molecule has 2 fully saturated rings. The summed E-state index contributed by atoms with van der Waals surface area (Å²) in [7, 11) is 0. The molecule has 3 heterocycles. The molecule has 2 amide bonds. The minimum atomic E-state index is -0.0497. The number of hydrogen-bond acceptors (Lipinski definition) is 4. The molecule has 0 radical (unpaired) electrons. The molecule has 164 valence electrons. The van der Waals surface area contributed by atoms with E-state index in [1.807, 2.05) is 42.2 Å². The molecule has 0 bridgehead atoms. The second-order valence-electron chi connectivity index (χ2n) is 7.98. The first-order chi connectivity index (χ1) is 13.6. The Hall–Kier alpha value is -1.89. The van der Waals surface area contributed by atoms with E-state index >= 15 is 0 Å². The summed E-state index contributed by atoms with van der Waals surface area (Å²) >= 11 is 0. The highest BCUT2D eigenvalue weighted by Gasteiger charge is 2.27. The molecule has 8 heteroatoms. The number of carbonyl (C=O) groups is 2. The van der Waals surface area contributed by atoms with Gasteiger partial charge in [0.15, 0.2) is 0 Å². The molecule has 2 aliphatic rings. The van der Waals surface area contributed by atoms with Crippen LogP contribution in [0, 0.1) is 12.8 Å². The Bertz CT molecular complexity index is 887. The first kappa shape index (κ1) is 24.4. The number of amides is 2. The van der Waals surface area contributed by atoms with E-state index in [-0.39, 0.29) is 42.7 Å². The molecular formula is C22H30Cl2N4O2. The number of pyridine rings is 1. The zero-order chi connectivity index (χ0) is 19.5. The first-order valence-electron chi connectivity index (χ1n) is 10.3. The topological polar surface area (TPSA) is 74.3 Å². The van der Waals surface area contributed by atoms with Gasteiger partial charge in [-0.05, 0) is 57.2 Å². The molecule has 0 aliphatic carbocycles. The number of nitrogens with one attached hydrogen (secondary N) is 2. The molecule has 2 saturated heterocycles. The number of halogens is 2. The van der Waals surface area contributed by atoms with Crippen molar-refractivity contribution < 1.29 is 9.59 Å². The highest BCUT2D eigenvalue weighted by Crippen LogP contribution is 2.22. The molecule has 4 rings (SSSR count). The number of aromatic nitrogens is 1. The van der Waals surface area contributed by atoms with Crippen molar-refractivity contribution >= 4 is 47.5 Å². The van der Waals surface area contributed by atoms with Gasteiger partial charge >= 0.3 is 0 Å². The minimum absolute atomic E-state index is 0. The highest BCUT2D eigenvalue weighted by molar-refractivity contribution is 6.05. The van der Waals surface area contributed by atoms with Gasteiger partial charge < -0.3 is 15.5 Å². The number of benzene rings is 1. The van der Waals surface area contributed by atoms with Crippen LogP contribution in [0.5, 0.6) is 0 Å². The maximum Gasteiger partial charge on any atom is 0.256 e. The summed E-state index contributed by atoms with van der Waals surface area (Å²) in [4.78, 5) is 32.0. The summed E-state index contributed by atoms with van der Waals surface area (Å²) in [6.45, 7) is 4.94. The van der Waals surface area contributed by atoms with Crippen molar-refractivity contribution in [1.29, 1.82) is 0 Å². The van der Waals surface area contributed by atoms with Crippen LogP contribution in [0.3, 0.4) is 0 Å². The number of rotatable bonds is 4. The first-order valence-corrected chi connectivity index (χ1v) is 10.3. The Morgan fingerprint density at radius 3 is 2.77 bits per heavy atom. The third kappa shape index (κ3) is 5.42. The molecule has 2 aromatic rings. The molecule has 2 atom stereocenters. The molecule has 6 nitrogen and oxygen atoms in total. The van der Waals surface area contributed by atoms with Gasteiger partial charge in [-0.15, -0.1) is 24.8 Å². The zero-order valence-corrected chi connectivity index (χ0v) is 18.9. The van der Waals surface area contributed by atoms with Crippen molar-refractivity contribution in [2.45, 2.75) is 38.6 Å². The van der Waals surface area contributed by atoms with E-state index in [9.17, 15) is 9.59 Å². The molecule has 0 spiro atoms. The van der Waals surface area contributed by atoms with E-state index < -0.39 is 0 Å². The zero-order valence-electron chi connectivity index (χ0n) is 17.2. The SMILES string of the molecule is Cc1ccc2cccc(C(=O)N3CCCC(CNC(=O)C4CCCN4)C3)c2n1.Cl.Cl. The van der Waals surface area contributed by atoms with Gasteiger partial charge in [-0.2, -0.15) is 0 Å². The van der Waals surface area contributed by atoms with Gasteiger partial charge in [0.2, 0.25) is 5.91 Å². The van der Waals surface area contributed by atoms with Crippen LogP contribution in [0.4, 0.5) is 0 Å². The van der Waals surface area contributed by atoms with Crippen LogP contribution in [0.1, 0.15) is 41.7 Å². The average Bonchev–Trinajstić information content (AvgIpc) is 3.26. The van der Waals surface area contributed by atoms with E-state index in [1.165, 1.54) is 0 Å². The number of nitrogens with zero attached hydrogens (tertiary/aromatic N) is 2. The average molecular weight is 453 g/mol. The minimum Gasteiger partial charge on any atom is -0.354 e. The standard InChI is InChI=1S/C22H28N4O2.2ClH/c1-15-9-10-17-6-2-7-18(20(17)25-15)22(28)26-12-4-5-16(14-26)13-24-21(27)19-8-3-11-23-19;;/h2,6-7,9-10,16,19,23H,3-5,8,11-14H2,1H3,(H,24,27);2*1H. The Labute approximate surface area is 190 Å². The maximum atomic E-state index is 13.2.